The zero-order chi connectivity index (χ0) is 20.1. The Morgan fingerprint density at radius 2 is 1.79 bits per heavy atom. The van der Waals surface area contributed by atoms with Crippen LogP contribution in [0.3, 0.4) is 0 Å². The van der Waals surface area contributed by atoms with Gasteiger partial charge in [-0.1, -0.05) is 18.2 Å². The molecule has 2 aromatic carbocycles. The minimum Gasteiger partial charge on any atom is -0.450 e. The molecule has 0 saturated carbocycles. The zero-order valence-electron chi connectivity index (χ0n) is 16.9. The third-order valence-electron chi connectivity index (χ3n) is 5.79. The van der Waals surface area contributed by atoms with Gasteiger partial charge in [-0.25, -0.2) is 0 Å². The number of carbonyl (C=O) groups excluding carboxylic acids is 1. The first-order chi connectivity index (χ1) is 14.0. The second kappa shape index (κ2) is 6.88. The van der Waals surface area contributed by atoms with Gasteiger partial charge in [0.15, 0.2) is 5.76 Å². The summed E-state index contributed by atoms with van der Waals surface area (Å²) in [4.78, 5) is 17.4. The summed E-state index contributed by atoms with van der Waals surface area (Å²) in [6, 6.07) is 12.5. The Kier molecular flexibility index (Phi) is 4.32. The van der Waals surface area contributed by atoms with E-state index in [2.05, 4.69) is 40.5 Å². The molecule has 0 atom stereocenters. The molecule has 0 radical (unpaired) electrons. The molecule has 0 aliphatic carbocycles. The van der Waals surface area contributed by atoms with E-state index in [1.807, 2.05) is 30.9 Å². The molecule has 1 aliphatic heterocycles. The second-order valence-corrected chi connectivity index (χ2v) is 8.60. The smallest absolute Gasteiger partial charge is 0.290 e. The number of anilines is 1. The molecule has 1 saturated heterocycles. The average molecular weight is 406 g/mol. The maximum atomic E-state index is 13.2. The summed E-state index contributed by atoms with van der Waals surface area (Å²) in [5, 5.41) is 2.23. The van der Waals surface area contributed by atoms with Gasteiger partial charge in [-0.3, -0.25) is 4.79 Å². The fourth-order valence-corrected chi connectivity index (χ4v) is 5.03. The molecule has 1 fully saturated rings. The number of carbonyl (C=O) groups is 1. The number of aryl methyl sites for hydroxylation is 3. The van der Waals surface area contributed by atoms with Crippen molar-refractivity contribution >= 4 is 44.3 Å². The SMILES string of the molecule is Cc1cc(C)c2oc(C(=O)N3CCN(c4nsc5ccccc45)CC3)c(C)c2c1. The van der Waals surface area contributed by atoms with Gasteiger partial charge in [-0.15, -0.1) is 0 Å². The summed E-state index contributed by atoms with van der Waals surface area (Å²) in [5.74, 6) is 1.49. The van der Waals surface area contributed by atoms with Crippen LogP contribution in [0.1, 0.15) is 27.2 Å². The third kappa shape index (κ3) is 2.99. The van der Waals surface area contributed by atoms with Gasteiger partial charge in [0.1, 0.15) is 11.4 Å². The Morgan fingerprint density at radius 1 is 1.03 bits per heavy atom. The molecule has 1 amide bonds. The van der Waals surface area contributed by atoms with Crippen molar-refractivity contribution in [2.75, 3.05) is 31.1 Å². The molecule has 2 aromatic heterocycles. The molecule has 0 bridgehead atoms. The summed E-state index contributed by atoms with van der Waals surface area (Å²) in [7, 11) is 0. The summed E-state index contributed by atoms with van der Waals surface area (Å²) in [6.45, 7) is 8.97. The van der Waals surface area contributed by atoms with Crippen LogP contribution in [0, 0.1) is 20.8 Å². The fourth-order valence-electron chi connectivity index (χ4n) is 4.24. The number of rotatable bonds is 2. The van der Waals surface area contributed by atoms with Crippen LogP contribution in [0.15, 0.2) is 40.8 Å². The van der Waals surface area contributed by atoms with Gasteiger partial charge >= 0.3 is 0 Å². The van der Waals surface area contributed by atoms with Gasteiger partial charge in [0, 0.05) is 42.5 Å². The molecule has 0 N–H and O–H groups in total. The van der Waals surface area contributed by atoms with Crippen molar-refractivity contribution < 1.29 is 9.21 Å². The number of piperazine rings is 1. The van der Waals surface area contributed by atoms with Crippen LogP contribution < -0.4 is 4.90 Å². The first-order valence-corrected chi connectivity index (χ1v) is 10.7. The highest BCUT2D eigenvalue weighted by atomic mass is 32.1. The van der Waals surface area contributed by atoms with Gasteiger partial charge in [-0.05, 0) is 61.6 Å². The average Bonchev–Trinajstić information content (AvgIpc) is 3.30. The first-order valence-electron chi connectivity index (χ1n) is 9.92. The number of aromatic nitrogens is 1. The highest BCUT2D eigenvalue weighted by Gasteiger charge is 2.28. The van der Waals surface area contributed by atoms with Crippen molar-refractivity contribution in [1.82, 2.24) is 9.27 Å². The lowest BCUT2D eigenvalue weighted by Crippen LogP contribution is -2.49. The molecular formula is C23H23N3O2S. The van der Waals surface area contributed by atoms with Crippen LogP contribution in [-0.2, 0) is 0 Å². The zero-order valence-corrected chi connectivity index (χ0v) is 17.7. The lowest BCUT2D eigenvalue weighted by atomic mass is 10.1. The van der Waals surface area contributed by atoms with Gasteiger partial charge in [0.05, 0.1) is 4.70 Å². The Morgan fingerprint density at radius 3 is 2.59 bits per heavy atom. The van der Waals surface area contributed by atoms with Crippen LogP contribution in [-0.4, -0.2) is 41.4 Å². The lowest BCUT2D eigenvalue weighted by molar-refractivity contribution is 0.0716. The molecule has 3 heterocycles. The van der Waals surface area contributed by atoms with Crippen molar-refractivity contribution in [3.8, 4) is 0 Å². The minimum absolute atomic E-state index is 0.0152. The Hall–Kier alpha value is -2.86. The molecule has 5 nitrogen and oxygen atoms in total. The van der Waals surface area contributed by atoms with E-state index >= 15 is 0 Å². The van der Waals surface area contributed by atoms with E-state index in [9.17, 15) is 4.79 Å². The Labute approximate surface area is 173 Å². The Bertz CT molecular complexity index is 1230. The number of benzene rings is 2. The summed E-state index contributed by atoms with van der Waals surface area (Å²) < 4.78 is 11.9. The lowest BCUT2D eigenvalue weighted by Gasteiger charge is -2.34. The summed E-state index contributed by atoms with van der Waals surface area (Å²) >= 11 is 1.53. The number of amides is 1. The van der Waals surface area contributed by atoms with Gasteiger partial charge in [-0.2, -0.15) is 4.37 Å². The van der Waals surface area contributed by atoms with Crippen molar-refractivity contribution in [1.29, 1.82) is 0 Å². The molecule has 5 rings (SSSR count). The Balaban J connectivity index is 1.37. The molecule has 0 unspecified atom stereocenters. The van der Waals surface area contributed by atoms with Crippen molar-refractivity contribution in [2.24, 2.45) is 0 Å². The predicted octanol–water partition coefficient (Wildman–Crippen LogP) is 4.93. The minimum atomic E-state index is -0.0152. The number of fused-ring (bicyclic) bond motifs is 2. The van der Waals surface area contributed by atoms with E-state index in [1.165, 1.54) is 27.2 Å². The molecule has 148 valence electrons. The van der Waals surface area contributed by atoms with Crippen molar-refractivity contribution in [3.05, 3.63) is 58.8 Å². The van der Waals surface area contributed by atoms with Crippen LogP contribution in [0.25, 0.3) is 21.1 Å². The first kappa shape index (κ1) is 18.2. The number of nitrogens with zero attached hydrogens (tertiary/aromatic N) is 3. The monoisotopic (exact) mass is 405 g/mol. The van der Waals surface area contributed by atoms with Gasteiger partial charge in [0.25, 0.3) is 5.91 Å². The maximum absolute atomic E-state index is 13.2. The number of furan rings is 1. The summed E-state index contributed by atoms with van der Waals surface area (Å²) in [6.07, 6.45) is 0. The van der Waals surface area contributed by atoms with E-state index in [4.69, 9.17) is 4.42 Å². The quantitative estimate of drug-likeness (QED) is 0.474. The normalized spacial score (nSPS) is 14.9. The largest absolute Gasteiger partial charge is 0.450 e. The topological polar surface area (TPSA) is 49.6 Å². The van der Waals surface area contributed by atoms with Gasteiger partial charge in [0.2, 0.25) is 0 Å². The van der Waals surface area contributed by atoms with Crippen LogP contribution in [0.5, 0.6) is 0 Å². The number of hydrogen-bond acceptors (Lipinski definition) is 5. The predicted molar refractivity (Wildman–Crippen MR) is 118 cm³/mol. The molecular weight excluding hydrogens is 382 g/mol. The molecule has 1 aliphatic rings. The highest BCUT2D eigenvalue weighted by molar-refractivity contribution is 7.13. The highest BCUT2D eigenvalue weighted by Crippen LogP contribution is 2.32. The van der Waals surface area contributed by atoms with E-state index in [0.717, 1.165) is 41.0 Å². The van der Waals surface area contributed by atoms with Crippen LogP contribution in [0.4, 0.5) is 5.82 Å². The molecule has 6 heteroatoms. The second-order valence-electron chi connectivity index (χ2n) is 7.80. The molecule has 0 spiro atoms. The van der Waals surface area contributed by atoms with Crippen molar-refractivity contribution in [3.63, 3.8) is 0 Å². The van der Waals surface area contributed by atoms with E-state index in [0.29, 0.717) is 18.8 Å². The van der Waals surface area contributed by atoms with Crippen molar-refractivity contribution in [2.45, 2.75) is 20.8 Å². The van der Waals surface area contributed by atoms with Crippen LogP contribution >= 0.6 is 11.5 Å². The van der Waals surface area contributed by atoms with E-state index in [1.54, 1.807) is 0 Å². The fraction of sp³-hybridized carbons (Fsp3) is 0.304. The molecule has 4 aromatic rings. The van der Waals surface area contributed by atoms with E-state index < -0.39 is 0 Å². The van der Waals surface area contributed by atoms with E-state index in [-0.39, 0.29) is 5.91 Å². The van der Waals surface area contributed by atoms with Gasteiger partial charge < -0.3 is 14.2 Å². The summed E-state index contributed by atoms with van der Waals surface area (Å²) in [5.41, 5.74) is 4.01. The standard InChI is InChI=1S/C23H23N3O2S/c1-14-12-15(2)20-18(13-14)16(3)21(28-20)23(27)26-10-8-25(9-11-26)22-17-6-4-5-7-19(17)29-24-22/h4-7,12-13H,8-11H2,1-3H3. The number of hydrogen-bond donors (Lipinski definition) is 0. The third-order valence-corrected chi connectivity index (χ3v) is 6.60. The van der Waals surface area contributed by atoms with Crippen LogP contribution in [0.2, 0.25) is 0 Å². The molecule has 29 heavy (non-hydrogen) atoms. The maximum Gasteiger partial charge on any atom is 0.290 e.